The maximum absolute atomic E-state index is 12.9. The van der Waals surface area contributed by atoms with Crippen molar-refractivity contribution < 1.29 is 27.6 Å². The summed E-state index contributed by atoms with van der Waals surface area (Å²) in [7, 11) is 0. The van der Waals surface area contributed by atoms with Crippen molar-refractivity contribution in [2.45, 2.75) is 31.5 Å². The van der Waals surface area contributed by atoms with Gasteiger partial charge in [0.15, 0.2) is 0 Å². The number of carbonyl (C=O) groups is 2. The molecule has 144 valence electrons. The van der Waals surface area contributed by atoms with Gasteiger partial charge in [-0.05, 0) is 56.1 Å². The van der Waals surface area contributed by atoms with E-state index >= 15 is 0 Å². The molecule has 1 saturated heterocycles. The second-order valence-electron chi connectivity index (χ2n) is 6.33. The van der Waals surface area contributed by atoms with Gasteiger partial charge in [-0.1, -0.05) is 0 Å². The van der Waals surface area contributed by atoms with Gasteiger partial charge in [0.25, 0.3) is 0 Å². The van der Waals surface area contributed by atoms with Gasteiger partial charge in [0.2, 0.25) is 0 Å². The van der Waals surface area contributed by atoms with E-state index in [0.717, 1.165) is 0 Å². The average molecular weight is 382 g/mol. The van der Waals surface area contributed by atoms with Gasteiger partial charge in [0.1, 0.15) is 0 Å². The normalized spacial score (nSPS) is 18.5. The Hall–Kier alpha value is -2.80. The third-order valence-electron chi connectivity index (χ3n) is 4.62. The third-order valence-corrected chi connectivity index (χ3v) is 4.62. The molecule has 2 aliphatic rings. The second kappa shape index (κ2) is 7.44. The molecule has 2 amide bonds. The quantitative estimate of drug-likeness (QED) is 0.847. The Morgan fingerprint density at radius 1 is 1.30 bits per heavy atom. The molecule has 1 fully saturated rings. The first-order valence-electron chi connectivity index (χ1n) is 8.45. The van der Waals surface area contributed by atoms with Gasteiger partial charge in [0, 0.05) is 12.6 Å². The van der Waals surface area contributed by atoms with Crippen LogP contribution in [-0.2, 0) is 16.1 Å². The highest BCUT2D eigenvalue weighted by Gasteiger charge is 2.45. The van der Waals surface area contributed by atoms with E-state index in [4.69, 9.17) is 5.26 Å². The standard InChI is InChI=1S/C17H17F3N4O3/c18-17(19,20)15(25)27-24-14-2-1-11(10-21)9-12(14)5-8-23(16(24)26)13-3-6-22-7-4-13/h1-2,9,13,22H,3-8H2. The fourth-order valence-corrected chi connectivity index (χ4v) is 3.29. The molecule has 0 aliphatic carbocycles. The van der Waals surface area contributed by atoms with Crippen LogP contribution in [0, 0.1) is 11.3 Å². The number of alkyl halides is 3. The van der Waals surface area contributed by atoms with Crippen molar-refractivity contribution in [3.63, 3.8) is 0 Å². The molecule has 0 saturated carbocycles. The van der Waals surface area contributed by atoms with Crippen LogP contribution < -0.4 is 10.4 Å². The van der Waals surface area contributed by atoms with E-state index in [1.807, 2.05) is 6.07 Å². The second-order valence-corrected chi connectivity index (χ2v) is 6.33. The Morgan fingerprint density at radius 2 is 2.00 bits per heavy atom. The summed E-state index contributed by atoms with van der Waals surface area (Å²) in [5, 5.41) is 12.6. The van der Waals surface area contributed by atoms with Crippen molar-refractivity contribution in [3.05, 3.63) is 29.3 Å². The SMILES string of the molecule is N#Cc1ccc2c(c1)CCN(C1CCNCC1)C(=O)N2OC(=O)C(F)(F)F. The van der Waals surface area contributed by atoms with Crippen molar-refractivity contribution in [2.24, 2.45) is 0 Å². The van der Waals surface area contributed by atoms with Crippen molar-refractivity contribution in [1.82, 2.24) is 10.2 Å². The van der Waals surface area contributed by atoms with Crippen LogP contribution in [0.3, 0.4) is 0 Å². The number of nitrogens with zero attached hydrogens (tertiary/aromatic N) is 3. The van der Waals surface area contributed by atoms with Crippen LogP contribution >= 0.6 is 0 Å². The van der Waals surface area contributed by atoms with Crippen molar-refractivity contribution in [1.29, 1.82) is 5.26 Å². The molecule has 0 bridgehead atoms. The number of nitrogens with one attached hydrogen (secondary N) is 1. The number of fused-ring (bicyclic) bond motifs is 1. The zero-order chi connectivity index (χ0) is 19.6. The topological polar surface area (TPSA) is 85.7 Å². The number of hydrogen-bond donors (Lipinski definition) is 1. The van der Waals surface area contributed by atoms with E-state index < -0.39 is 18.2 Å². The fraction of sp³-hybridized carbons (Fsp3) is 0.471. The van der Waals surface area contributed by atoms with Crippen LogP contribution in [0.2, 0.25) is 0 Å². The van der Waals surface area contributed by atoms with E-state index in [9.17, 15) is 22.8 Å². The Bertz CT molecular complexity index is 785. The number of carbonyl (C=O) groups excluding carboxylic acids is 2. The fourth-order valence-electron chi connectivity index (χ4n) is 3.29. The van der Waals surface area contributed by atoms with E-state index in [-0.39, 0.29) is 18.3 Å². The zero-order valence-corrected chi connectivity index (χ0v) is 14.3. The van der Waals surface area contributed by atoms with Gasteiger partial charge in [-0.3, -0.25) is 0 Å². The Morgan fingerprint density at radius 3 is 2.63 bits per heavy atom. The predicted molar refractivity (Wildman–Crippen MR) is 87.5 cm³/mol. The van der Waals surface area contributed by atoms with Crippen LogP contribution in [0.4, 0.5) is 23.7 Å². The molecule has 1 N–H and O–H groups in total. The van der Waals surface area contributed by atoms with Crippen LogP contribution in [0.1, 0.15) is 24.0 Å². The largest absolute Gasteiger partial charge is 0.493 e. The number of benzene rings is 1. The Kier molecular flexibility index (Phi) is 5.23. The maximum Gasteiger partial charge on any atom is 0.493 e. The first-order valence-corrected chi connectivity index (χ1v) is 8.45. The van der Waals surface area contributed by atoms with Gasteiger partial charge in [0.05, 0.1) is 17.3 Å². The summed E-state index contributed by atoms with van der Waals surface area (Å²) in [4.78, 5) is 30.2. The lowest BCUT2D eigenvalue weighted by atomic mass is 10.0. The smallest absolute Gasteiger partial charge is 0.323 e. The lowest BCUT2D eigenvalue weighted by molar-refractivity contribution is -0.200. The summed E-state index contributed by atoms with van der Waals surface area (Å²) in [6.07, 6.45) is -3.61. The van der Waals surface area contributed by atoms with Gasteiger partial charge in [-0.25, -0.2) is 9.59 Å². The molecule has 0 radical (unpaired) electrons. The molecular weight excluding hydrogens is 365 g/mol. The highest BCUT2D eigenvalue weighted by Crippen LogP contribution is 2.31. The highest BCUT2D eigenvalue weighted by atomic mass is 19.4. The number of halogens is 3. The maximum atomic E-state index is 12.9. The Labute approximate surface area is 153 Å². The minimum absolute atomic E-state index is 0.0352. The molecular formula is C17H17F3N4O3. The van der Waals surface area contributed by atoms with Gasteiger partial charge in [-0.15, -0.1) is 5.06 Å². The minimum Gasteiger partial charge on any atom is -0.323 e. The van der Waals surface area contributed by atoms with Crippen LogP contribution in [-0.4, -0.2) is 48.8 Å². The molecule has 1 aromatic rings. The van der Waals surface area contributed by atoms with Crippen LogP contribution in [0.5, 0.6) is 0 Å². The molecule has 0 unspecified atom stereocenters. The van der Waals surface area contributed by atoms with Gasteiger partial charge < -0.3 is 15.1 Å². The molecule has 2 heterocycles. The minimum atomic E-state index is -5.24. The molecule has 3 rings (SSSR count). The third kappa shape index (κ3) is 3.98. The van der Waals surface area contributed by atoms with Crippen molar-refractivity contribution in [2.75, 3.05) is 24.7 Å². The predicted octanol–water partition coefficient (Wildman–Crippen LogP) is 2.12. The zero-order valence-electron chi connectivity index (χ0n) is 14.3. The van der Waals surface area contributed by atoms with E-state index in [1.165, 1.54) is 23.1 Å². The number of urea groups is 1. The number of anilines is 1. The lowest BCUT2D eigenvalue weighted by Crippen LogP contribution is -2.52. The van der Waals surface area contributed by atoms with E-state index in [2.05, 4.69) is 10.2 Å². The molecule has 0 atom stereocenters. The molecule has 10 heteroatoms. The highest BCUT2D eigenvalue weighted by molar-refractivity contribution is 5.94. The summed E-state index contributed by atoms with van der Waals surface area (Å²) in [6.45, 7) is 1.62. The number of nitriles is 1. The number of amides is 2. The number of rotatable bonds is 2. The number of hydrogen-bond acceptors (Lipinski definition) is 5. The molecule has 1 aromatic carbocycles. The monoisotopic (exact) mass is 382 g/mol. The molecule has 0 spiro atoms. The van der Waals surface area contributed by atoms with Crippen molar-refractivity contribution in [3.8, 4) is 6.07 Å². The molecule has 2 aliphatic heterocycles. The summed E-state index contributed by atoms with van der Waals surface area (Å²) in [5.41, 5.74) is 0.806. The van der Waals surface area contributed by atoms with Crippen LogP contribution in [0.15, 0.2) is 18.2 Å². The van der Waals surface area contributed by atoms with Crippen molar-refractivity contribution >= 4 is 17.7 Å². The van der Waals surface area contributed by atoms with E-state index in [0.29, 0.717) is 48.5 Å². The average Bonchev–Trinajstić information content (AvgIpc) is 2.78. The van der Waals surface area contributed by atoms with Gasteiger partial charge >= 0.3 is 18.2 Å². The summed E-state index contributed by atoms with van der Waals surface area (Å²) in [6, 6.07) is 5.13. The Balaban J connectivity index is 1.97. The lowest BCUT2D eigenvalue weighted by Gasteiger charge is -2.35. The van der Waals surface area contributed by atoms with Crippen LogP contribution in [0.25, 0.3) is 0 Å². The molecule has 27 heavy (non-hydrogen) atoms. The summed E-state index contributed by atoms with van der Waals surface area (Å²) >= 11 is 0. The summed E-state index contributed by atoms with van der Waals surface area (Å²) in [5.74, 6) is -2.47. The van der Waals surface area contributed by atoms with Gasteiger partial charge in [-0.2, -0.15) is 18.4 Å². The summed E-state index contributed by atoms with van der Waals surface area (Å²) < 4.78 is 38.1. The first-order chi connectivity index (χ1) is 12.8. The molecule has 0 aromatic heterocycles. The number of hydroxylamine groups is 1. The van der Waals surface area contributed by atoms with E-state index in [1.54, 1.807) is 0 Å². The molecule has 7 nitrogen and oxygen atoms in total. The number of piperidine rings is 1. The first kappa shape index (κ1) is 19.0.